The lowest BCUT2D eigenvalue weighted by Crippen LogP contribution is -2.33. The maximum atomic E-state index is 12.6. The van der Waals surface area contributed by atoms with E-state index in [0.29, 0.717) is 11.4 Å². The van der Waals surface area contributed by atoms with Crippen LogP contribution >= 0.6 is 0 Å². The summed E-state index contributed by atoms with van der Waals surface area (Å²) in [7, 11) is 0. The molecule has 0 atom stereocenters. The zero-order chi connectivity index (χ0) is 21.1. The number of fused-ring (bicyclic) bond motifs is 1. The monoisotopic (exact) mass is 403 g/mol. The van der Waals surface area contributed by atoms with Crippen LogP contribution in [0.25, 0.3) is 0 Å². The number of furan rings is 1. The second-order valence-electron chi connectivity index (χ2n) is 6.63. The lowest BCUT2D eigenvalue weighted by atomic mass is 10.1. The number of carbonyl (C=O) groups is 4. The van der Waals surface area contributed by atoms with Gasteiger partial charge in [0.25, 0.3) is 17.7 Å². The zero-order valence-corrected chi connectivity index (χ0v) is 15.8. The van der Waals surface area contributed by atoms with Crippen molar-refractivity contribution in [2.24, 2.45) is 0 Å². The molecule has 0 fully saturated rings. The van der Waals surface area contributed by atoms with E-state index in [1.807, 2.05) is 6.07 Å². The van der Waals surface area contributed by atoms with E-state index in [-0.39, 0.29) is 35.7 Å². The molecule has 1 aromatic heterocycles. The fourth-order valence-corrected chi connectivity index (χ4v) is 3.12. The van der Waals surface area contributed by atoms with Crippen LogP contribution in [0.5, 0.6) is 0 Å². The maximum Gasteiger partial charge on any atom is 0.261 e. The fraction of sp³-hybridized carbons (Fsp3) is 0.0909. The number of imide groups is 1. The number of nitrogens with zero attached hydrogens (tertiary/aromatic N) is 1. The summed E-state index contributed by atoms with van der Waals surface area (Å²) in [6, 6.07) is 16.5. The number of para-hydroxylation sites is 1. The van der Waals surface area contributed by atoms with Gasteiger partial charge in [0.1, 0.15) is 5.76 Å². The van der Waals surface area contributed by atoms with Gasteiger partial charge in [0.15, 0.2) is 0 Å². The third kappa shape index (κ3) is 3.83. The molecule has 1 aliphatic rings. The molecule has 2 aromatic carbocycles. The van der Waals surface area contributed by atoms with Crippen LogP contribution in [0.15, 0.2) is 71.3 Å². The quantitative estimate of drug-likeness (QED) is 0.615. The van der Waals surface area contributed by atoms with Crippen LogP contribution in [-0.2, 0) is 11.3 Å². The minimum atomic E-state index is -0.522. The van der Waals surface area contributed by atoms with E-state index in [9.17, 15) is 19.2 Å². The van der Waals surface area contributed by atoms with E-state index < -0.39 is 17.7 Å². The van der Waals surface area contributed by atoms with Crippen LogP contribution < -0.4 is 10.6 Å². The van der Waals surface area contributed by atoms with Crippen LogP contribution in [0, 0.1) is 0 Å². The summed E-state index contributed by atoms with van der Waals surface area (Å²) in [6.45, 7) is -0.219. The Labute approximate surface area is 171 Å². The lowest BCUT2D eigenvalue weighted by molar-refractivity contribution is -0.115. The highest BCUT2D eigenvalue weighted by Crippen LogP contribution is 2.25. The van der Waals surface area contributed by atoms with Crippen molar-refractivity contribution in [3.05, 3.63) is 89.4 Å². The van der Waals surface area contributed by atoms with Gasteiger partial charge in [-0.1, -0.05) is 18.2 Å². The molecule has 2 N–H and O–H groups in total. The van der Waals surface area contributed by atoms with Crippen LogP contribution in [0.1, 0.15) is 36.8 Å². The van der Waals surface area contributed by atoms with Crippen LogP contribution in [0.2, 0.25) is 0 Å². The van der Waals surface area contributed by atoms with Crippen molar-refractivity contribution in [1.29, 1.82) is 0 Å². The number of rotatable bonds is 6. The highest BCUT2D eigenvalue weighted by Gasteiger charge is 2.36. The Kier molecular flexibility index (Phi) is 5.13. The molecular weight excluding hydrogens is 386 g/mol. The van der Waals surface area contributed by atoms with Gasteiger partial charge < -0.3 is 15.1 Å². The Morgan fingerprint density at radius 3 is 2.40 bits per heavy atom. The summed E-state index contributed by atoms with van der Waals surface area (Å²) in [5.41, 5.74) is 1.18. The largest absolute Gasteiger partial charge is 0.467 e. The molecule has 30 heavy (non-hydrogen) atoms. The van der Waals surface area contributed by atoms with E-state index in [1.54, 1.807) is 36.4 Å². The minimum absolute atomic E-state index is 0.0144. The first-order valence-corrected chi connectivity index (χ1v) is 9.18. The van der Waals surface area contributed by atoms with Gasteiger partial charge in [0.2, 0.25) is 5.91 Å². The molecule has 1 aliphatic heterocycles. The topological polar surface area (TPSA) is 109 Å². The molecule has 8 heteroatoms. The Hall–Kier alpha value is -4.20. The van der Waals surface area contributed by atoms with E-state index in [2.05, 4.69) is 10.6 Å². The van der Waals surface area contributed by atoms with Crippen molar-refractivity contribution in [2.45, 2.75) is 6.54 Å². The number of anilines is 1. The number of benzene rings is 2. The first-order chi connectivity index (χ1) is 14.5. The normalized spacial score (nSPS) is 12.6. The molecule has 0 spiro atoms. The molecule has 150 valence electrons. The van der Waals surface area contributed by atoms with Gasteiger partial charge in [-0.15, -0.1) is 0 Å². The predicted octanol–water partition coefficient (Wildman–Crippen LogP) is 2.44. The summed E-state index contributed by atoms with van der Waals surface area (Å²) in [6.07, 6.45) is 1.46. The second-order valence-corrected chi connectivity index (χ2v) is 6.63. The number of hydrogen-bond acceptors (Lipinski definition) is 5. The van der Waals surface area contributed by atoms with Crippen molar-refractivity contribution in [3.8, 4) is 0 Å². The maximum absolute atomic E-state index is 12.6. The lowest BCUT2D eigenvalue weighted by Gasteiger charge is -2.11. The highest BCUT2D eigenvalue weighted by molar-refractivity contribution is 6.22. The molecule has 2 heterocycles. The number of amides is 4. The van der Waals surface area contributed by atoms with E-state index in [0.717, 1.165) is 4.90 Å². The SMILES string of the molecule is O=C(CNC(=O)c1ccc2c(c1)C(=O)N(Cc1ccco1)C2=O)Nc1ccccc1. The number of hydrogen-bond donors (Lipinski definition) is 2. The molecule has 0 aliphatic carbocycles. The summed E-state index contributed by atoms with van der Waals surface area (Å²) in [5, 5.41) is 5.17. The Morgan fingerprint density at radius 1 is 0.900 bits per heavy atom. The third-order valence-electron chi connectivity index (χ3n) is 4.59. The first-order valence-electron chi connectivity index (χ1n) is 9.18. The van der Waals surface area contributed by atoms with Gasteiger partial charge in [-0.25, -0.2) is 0 Å². The highest BCUT2D eigenvalue weighted by atomic mass is 16.3. The van der Waals surface area contributed by atoms with Crippen molar-refractivity contribution in [2.75, 3.05) is 11.9 Å². The molecule has 0 radical (unpaired) electrons. The molecule has 0 bridgehead atoms. The number of carbonyl (C=O) groups excluding carboxylic acids is 4. The molecular formula is C22H17N3O5. The van der Waals surface area contributed by atoms with Crippen molar-refractivity contribution in [3.63, 3.8) is 0 Å². The number of nitrogens with one attached hydrogen (secondary N) is 2. The standard InChI is InChI=1S/C22H17N3O5/c26-19(24-15-5-2-1-3-6-15)12-23-20(27)14-8-9-17-18(11-14)22(29)25(21(17)28)13-16-7-4-10-30-16/h1-11H,12-13H2,(H,23,27)(H,24,26). The molecule has 0 saturated carbocycles. The molecule has 4 amide bonds. The Balaban J connectivity index is 1.41. The molecule has 3 aromatic rings. The van der Waals surface area contributed by atoms with E-state index >= 15 is 0 Å². The van der Waals surface area contributed by atoms with Crippen LogP contribution in [0.4, 0.5) is 5.69 Å². The zero-order valence-electron chi connectivity index (χ0n) is 15.8. The van der Waals surface area contributed by atoms with Crippen molar-refractivity contribution < 1.29 is 23.6 Å². The second kappa shape index (κ2) is 8.04. The summed E-state index contributed by atoms with van der Waals surface area (Å²) in [5.74, 6) is -1.37. The summed E-state index contributed by atoms with van der Waals surface area (Å²) in [4.78, 5) is 50.6. The average molecular weight is 403 g/mol. The van der Waals surface area contributed by atoms with Gasteiger partial charge in [-0.05, 0) is 42.5 Å². The van der Waals surface area contributed by atoms with E-state index in [4.69, 9.17) is 4.42 Å². The van der Waals surface area contributed by atoms with Crippen LogP contribution in [-0.4, -0.2) is 35.1 Å². The first kappa shape index (κ1) is 19.1. The van der Waals surface area contributed by atoms with Crippen LogP contribution in [0.3, 0.4) is 0 Å². The smallest absolute Gasteiger partial charge is 0.261 e. The molecule has 8 nitrogen and oxygen atoms in total. The molecule has 0 saturated heterocycles. The summed E-state index contributed by atoms with van der Waals surface area (Å²) < 4.78 is 5.20. The van der Waals surface area contributed by atoms with Crippen molar-refractivity contribution >= 4 is 29.3 Å². The average Bonchev–Trinajstić information content (AvgIpc) is 3.35. The van der Waals surface area contributed by atoms with Crippen molar-refractivity contribution in [1.82, 2.24) is 10.2 Å². The van der Waals surface area contributed by atoms with Gasteiger partial charge in [0, 0.05) is 11.3 Å². The van der Waals surface area contributed by atoms with E-state index in [1.165, 1.54) is 24.5 Å². The van der Waals surface area contributed by atoms with Gasteiger partial charge in [-0.2, -0.15) is 0 Å². The van der Waals surface area contributed by atoms with Gasteiger partial charge >= 0.3 is 0 Å². The van der Waals surface area contributed by atoms with Gasteiger partial charge in [-0.3, -0.25) is 24.1 Å². The third-order valence-corrected chi connectivity index (χ3v) is 4.59. The Bertz CT molecular complexity index is 1120. The molecule has 0 unspecified atom stereocenters. The summed E-state index contributed by atoms with van der Waals surface area (Å²) >= 11 is 0. The fourth-order valence-electron chi connectivity index (χ4n) is 3.12. The predicted molar refractivity (Wildman–Crippen MR) is 107 cm³/mol. The Morgan fingerprint density at radius 2 is 1.67 bits per heavy atom. The minimum Gasteiger partial charge on any atom is -0.467 e. The van der Waals surface area contributed by atoms with Gasteiger partial charge in [0.05, 0.1) is 30.5 Å². The molecule has 4 rings (SSSR count).